The predicted molar refractivity (Wildman–Crippen MR) is 53.1 cm³/mol. The first-order chi connectivity index (χ1) is 8.00. The molecule has 0 bridgehead atoms. The molecule has 0 fully saturated rings. The molecule has 0 spiro atoms. The third-order valence-corrected chi connectivity index (χ3v) is 2.42. The number of aryl methyl sites for hydroxylation is 1. The molecule has 0 aliphatic heterocycles. The van der Waals surface area contributed by atoms with Gasteiger partial charge in [0, 0.05) is 0 Å². The van der Waals surface area contributed by atoms with Crippen LogP contribution in [0.3, 0.4) is 0 Å². The Labute approximate surface area is 97.6 Å². The molecule has 88 valence electrons. The number of nitrogens with zero attached hydrogens (tertiary/aromatic N) is 4. The highest BCUT2D eigenvalue weighted by Gasteiger charge is 2.50. The van der Waals surface area contributed by atoms with Gasteiger partial charge >= 0.3 is 5.97 Å². The lowest BCUT2D eigenvalue weighted by molar-refractivity contribution is -0.148. The van der Waals surface area contributed by atoms with Crippen LogP contribution < -0.4 is 0 Å². The van der Waals surface area contributed by atoms with Gasteiger partial charge in [0.1, 0.15) is 0 Å². The Kier molecular flexibility index (Phi) is 3.44. The molecule has 0 radical (unpaired) electrons. The molecular formula is C10H10N4O3. The van der Waals surface area contributed by atoms with E-state index in [1.807, 2.05) is 0 Å². The van der Waals surface area contributed by atoms with Gasteiger partial charge in [-0.3, -0.25) is 4.79 Å². The average Bonchev–Trinajstić information content (AvgIpc) is 2.76. The Bertz CT molecular complexity index is 496. The Morgan fingerprint density at radius 2 is 2.12 bits per heavy atom. The van der Waals surface area contributed by atoms with Crippen molar-refractivity contribution in [3.8, 4) is 12.1 Å². The molecule has 0 aromatic carbocycles. The van der Waals surface area contributed by atoms with E-state index in [1.54, 1.807) is 19.1 Å². The van der Waals surface area contributed by atoms with Gasteiger partial charge in [0.15, 0.2) is 17.2 Å². The van der Waals surface area contributed by atoms with Gasteiger partial charge in [0.25, 0.3) is 0 Å². The lowest BCUT2D eigenvalue weighted by Gasteiger charge is -2.22. The molecule has 0 saturated carbocycles. The zero-order valence-corrected chi connectivity index (χ0v) is 9.59. The highest BCUT2D eigenvalue weighted by molar-refractivity contribution is 5.82. The van der Waals surface area contributed by atoms with Crippen molar-refractivity contribution >= 4 is 5.97 Å². The second kappa shape index (κ2) is 4.62. The number of hydrogen-bond acceptors (Lipinski definition) is 7. The molecule has 7 nitrogen and oxygen atoms in total. The zero-order chi connectivity index (χ0) is 13.1. The first-order valence-corrected chi connectivity index (χ1v) is 4.69. The third kappa shape index (κ3) is 1.95. The normalized spacial score (nSPS) is 13.5. The van der Waals surface area contributed by atoms with Crippen molar-refractivity contribution in [3.63, 3.8) is 0 Å². The average molecular weight is 234 g/mol. The summed E-state index contributed by atoms with van der Waals surface area (Å²) in [4.78, 5) is 15.6. The minimum atomic E-state index is -1.58. The van der Waals surface area contributed by atoms with Crippen molar-refractivity contribution in [1.29, 1.82) is 10.5 Å². The molecule has 1 heterocycles. The second-order valence-corrected chi connectivity index (χ2v) is 3.53. The highest BCUT2D eigenvalue weighted by Crippen LogP contribution is 2.32. The molecule has 17 heavy (non-hydrogen) atoms. The van der Waals surface area contributed by atoms with Crippen LogP contribution in [0.4, 0.5) is 0 Å². The topological polar surface area (TPSA) is 113 Å². The Morgan fingerprint density at radius 3 is 2.47 bits per heavy atom. The van der Waals surface area contributed by atoms with E-state index in [-0.39, 0.29) is 5.89 Å². The van der Waals surface area contributed by atoms with Crippen LogP contribution in [0, 0.1) is 35.5 Å². The number of aromatic nitrogens is 2. The Balaban J connectivity index is 3.36. The van der Waals surface area contributed by atoms with Crippen LogP contribution in [0.5, 0.6) is 0 Å². The van der Waals surface area contributed by atoms with E-state index in [1.165, 1.54) is 6.92 Å². The molecule has 0 saturated heterocycles. The molecule has 1 rings (SSSR count). The summed E-state index contributed by atoms with van der Waals surface area (Å²) in [6.07, 6.45) is 0. The maximum atomic E-state index is 11.8. The summed E-state index contributed by atoms with van der Waals surface area (Å²) in [6, 6.07) is 3.45. The van der Waals surface area contributed by atoms with Crippen molar-refractivity contribution in [3.05, 3.63) is 11.7 Å². The summed E-state index contributed by atoms with van der Waals surface area (Å²) in [6.45, 7) is 2.93. The SMILES string of the molecule is COC(=O)C(C)(c1nc(C)no1)C(C#N)C#N. The summed E-state index contributed by atoms with van der Waals surface area (Å²) >= 11 is 0. The maximum Gasteiger partial charge on any atom is 0.323 e. The Hall–Kier alpha value is -2.41. The summed E-state index contributed by atoms with van der Waals surface area (Å²) in [5, 5.41) is 21.3. The first kappa shape index (κ1) is 12.7. The second-order valence-electron chi connectivity index (χ2n) is 3.53. The molecule has 7 heteroatoms. The van der Waals surface area contributed by atoms with Crippen molar-refractivity contribution < 1.29 is 14.1 Å². The molecule has 1 aromatic heterocycles. The van der Waals surface area contributed by atoms with E-state index in [4.69, 9.17) is 15.0 Å². The van der Waals surface area contributed by atoms with E-state index in [0.29, 0.717) is 5.82 Å². The van der Waals surface area contributed by atoms with Crippen LogP contribution in [0.2, 0.25) is 0 Å². The number of methoxy groups -OCH3 is 1. The van der Waals surface area contributed by atoms with Crippen LogP contribution in [-0.4, -0.2) is 23.2 Å². The van der Waals surface area contributed by atoms with Crippen molar-refractivity contribution in [2.24, 2.45) is 5.92 Å². The van der Waals surface area contributed by atoms with Gasteiger partial charge in [-0.1, -0.05) is 5.16 Å². The zero-order valence-electron chi connectivity index (χ0n) is 9.59. The highest BCUT2D eigenvalue weighted by atomic mass is 16.5. The standard InChI is InChI=1S/C10H10N4O3/c1-6-13-8(17-14-6)10(2,9(15)16-3)7(4-11)5-12/h7H,1-3H3. The summed E-state index contributed by atoms with van der Waals surface area (Å²) < 4.78 is 9.47. The third-order valence-electron chi connectivity index (χ3n) is 2.42. The van der Waals surface area contributed by atoms with Crippen molar-refractivity contribution in [1.82, 2.24) is 10.1 Å². The minimum Gasteiger partial charge on any atom is -0.468 e. The number of carbonyl (C=O) groups excluding carboxylic acids is 1. The van der Waals surface area contributed by atoms with E-state index < -0.39 is 17.3 Å². The Morgan fingerprint density at radius 1 is 1.53 bits per heavy atom. The molecule has 0 amide bonds. The number of rotatable bonds is 3. The predicted octanol–water partition coefficient (Wildman–Crippen LogP) is 0.472. The van der Waals surface area contributed by atoms with Gasteiger partial charge in [0.2, 0.25) is 5.89 Å². The molecule has 1 atom stereocenters. The number of esters is 1. The maximum absolute atomic E-state index is 11.8. The van der Waals surface area contributed by atoms with Crippen molar-refractivity contribution in [2.45, 2.75) is 19.3 Å². The molecule has 0 N–H and O–H groups in total. The lowest BCUT2D eigenvalue weighted by Crippen LogP contribution is -2.40. The fraction of sp³-hybridized carbons (Fsp3) is 0.500. The smallest absolute Gasteiger partial charge is 0.323 e. The molecule has 1 aromatic rings. The molecule has 0 aliphatic rings. The quantitative estimate of drug-likeness (QED) is 0.698. The summed E-state index contributed by atoms with van der Waals surface area (Å²) in [7, 11) is 1.16. The number of hydrogen-bond donors (Lipinski definition) is 0. The largest absolute Gasteiger partial charge is 0.468 e. The van der Waals surface area contributed by atoms with Gasteiger partial charge in [-0.05, 0) is 13.8 Å². The van der Waals surface area contributed by atoms with Crippen LogP contribution in [-0.2, 0) is 14.9 Å². The fourth-order valence-electron chi connectivity index (χ4n) is 1.34. The van der Waals surface area contributed by atoms with Crippen LogP contribution in [0.15, 0.2) is 4.52 Å². The number of ether oxygens (including phenoxy) is 1. The number of nitriles is 2. The lowest BCUT2D eigenvalue weighted by atomic mass is 9.78. The van der Waals surface area contributed by atoms with Crippen LogP contribution in [0.1, 0.15) is 18.6 Å². The van der Waals surface area contributed by atoms with Gasteiger partial charge in [0.05, 0.1) is 19.2 Å². The van der Waals surface area contributed by atoms with E-state index in [2.05, 4.69) is 14.9 Å². The fourth-order valence-corrected chi connectivity index (χ4v) is 1.34. The molecule has 1 unspecified atom stereocenters. The van der Waals surface area contributed by atoms with Gasteiger partial charge < -0.3 is 9.26 Å². The van der Waals surface area contributed by atoms with Gasteiger partial charge in [-0.25, -0.2) is 0 Å². The van der Waals surface area contributed by atoms with Crippen LogP contribution in [0.25, 0.3) is 0 Å². The molecular weight excluding hydrogens is 224 g/mol. The van der Waals surface area contributed by atoms with Gasteiger partial charge in [-0.2, -0.15) is 15.5 Å². The van der Waals surface area contributed by atoms with E-state index in [9.17, 15) is 4.79 Å². The minimum absolute atomic E-state index is 0.102. The first-order valence-electron chi connectivity index (χ1n) is 4.69. The summed E-state index contributed by atoms with van der Waals surface area (Å²) in [5.74, 6) is -1.83. The van der Waals surface area contributed by atoms with Gasteiger partial charge in [-0.15, -0.1) is 0 Å². The number of carbonyl (C=O) groups is 1. The van der Waals surface area contributed by atoms with E-state index in [0.717, 1.165) is 7.11 Å². The monoisotopic (exact) mass is 234 g/mol. The summed E-state index contributed by atoms with van der Waals surface area (Å²) in [5.41, 5.74) is -1.58. The van der Waals surface area contributed by atoms with E-state index >= 15 is 0 Å². The molecule has 0 aliphatic carbocycles. The van der Waals surface area contributed by atoms with Crippen molar-refractivity contribution in [2.75, 3.05) is 7.11 Å². The van der Waals surface area contributed by atoms with Crippen LogP contribution >= 0.6 is 0 Å².